The molecule has 2 heterocycles. The Morgan fingerprint density at radius 1 is 1.18 bits per heavy atom. The smallest absolute Gasteiger partial charge is 0.336 e. The van der Waals surface area contributed by atoms with Crippen LogP contribution in [0.2, 0.25) is 0 Å². The standard InChI is InChI=1S/C15H16O7/c1-7-4-12(17)22-11-5-8(2-3-9(7)11)21-15-14(19)13(18)10(16)6-20-15/h2-5,10,13-16,18-19H,6H2,1H3/t10-,13?,14+,15+/m1/s1. The van der Waals surface area contributed by atoms with Crippen molar-refractivity contribution in [1.82, 2.24) is 0 Å². The van der Waals surface area contributed by atoms with E-state index in [4.69, 9.17) is 13.9 Å². The van der Waals surface area contributed by atoms with Crippen molar-refractivity contribution in [3.05, 3.63) is 40.2 Å². The van der Waals surface area contributed by atoms with Crippen LogP contribution in [0.5, 0.6) is 5.75 Å². The molecule has 0 spiro atoms. The van der Waals surface area contributed by atoms with Gasteiger partial charge >= 0.3 is 5.63 Å². The van der Waals surface area contributed by atoms with Crippen LogP contribution >= 0.6 is 0 Å². The maximum absolute atomic E-state index is 11.4. The van der Waals surface area contributed by atoms with Crippen molar-refractivity contribution >= 4 is 11.0 Å². The third kappa shape index (κ3) is 2.71. The fourth-order valence-corrected chi connectivity index (χ4v) is 2.40. The summed E-state index contributed by atoms with van der Waals surface area (Å²) in [4.78, 5) is 11.4. The Morgan fingerprint density at radius 3 is 2.73 bits per heavy atom. The summed E-state index contributed by atoms with van der Waals surface area (Å²) in [5, 5.41) is 29.6. The van der Waals surface area contributed by atoms with E-state index in [1.54, 1.807) is 19.1 Å². The molecule has 1 aliphatic heterocycles. The van der Waals surface area contributed by atoms with E-state index in [2.05, 4.69) is 0 Å². The molecule has 1 aliphatic rings. The summed E-state index contributed by atoms with van der Waals surface area (Å²) in [6.07, 6.45) is -5.01. The van der Waals surface area contributed by atoms with Gasteiger partial charge in [0.15, 0.2) is 0 Å². The third-order valence-electron chi connectivity index (χ3n) is 3.63. The van der Waals surface area contributed by atoms with Gasteiger partial charge in [-0.25, -0.2) is 4.79 Å². The summed E-state index contributed by atoms with van der Waals surface area (Å²) in [5.74, 6) is 0.314. The highest BCUT2D eigenvalue weighted by Crippen LogP contribution is 2.25. The van der Waals surface area contributed by atoms with Crippen LogP contribution in [0.15, 0.2) is 33.5 Å². The average molecular weight is 308 g/mol. The molecule has 1 aromatic carbocycles. The molecule has 7 nitrogen and oxygen atoms in total. The molecule has 118 valence electrons. The number of ether oxygens (including phenoxy) is 2. The van der Waals surface area contributed by atoms with Crippen molar-refractivity contribution in [2.24, 2.45) is 0 Å². The Kier molecular flexibility index (Phi) is 3.88. The number of hydrogen-bond acceptors (Lipinski definition) is 7. The number of aliphatic hydroxyl groups excluding tert-OH is 3. The number of benzene rings is 1. The number of aliphatic hydroxyl groups is 3. The Hall–Kier alpha value is -1.93. The number of hydrogen-bond donors (Lipinski definition) is 3. The van der Waals surface area contributed by atoms with Crippen LogP contribution in [-0.4, -0.2) is 46.5 Å². The molecular weight excluding hydrogens is 292 g/mol. The first-order chi connectivity index (χ1) is 10.5. The summed E-state index contributed by atoms with van der Waals surface area (Å²) < 4.78 is 15.7. The van der Waals surface area contributed by atoms with Crippen molar-refractivity contribution in [3.8, 4) is 5.75 Å². The van der Waals surface area contributed by atoms with E-state index in [-0.39, 0.29) is 6.61 Å². The molecule has 0 aliphatic carbocycles. The van der Waals surface area contributed by atoms with E-state index in [0.29, 0.717) is 11.3 Å². The van der Waals surface area contributed by atoms with Crippen LogP contribution < -0.4 is 10.4 Å². The van der Waals surface area contributed by atoms with Gasteiger partial charge in [-0.1, -0.05) is 0 Å². The van der Waals surface area contributed by atoms with Crippen LogP contribution in [0, 0.1) is 6.92 Å². The Bertz CT molecular complexity index is 738. The van der Waals surface area contributed by atoms with Gasteiger partial charge in [-0.3, -0.25) is 0 Å². The van der Waals surface area contributed by atoms with E-state index in [9.17, 15) is 20.1 Å². The SMILES string of the molecule is Cc1cc(=O)oc2cc(O[C@@H]3OC[C@@H](O)C(O)[C@@H]3O)ccc12. The minimum atomic E-state index is -1.39. The first kappa shape index (κ1) is 15.0. The van der Waals surface area contributed by atoms with E-state index in [1.807, 2.05) is 0 Å². The minimum absolute atomic E-state index is 0.148. The van der Waals surface area contributed by atoms with Gasteiger partial charge in [0.05, 0.1) is 6.61 Å². The normalized spacial score (nSPS) is 28.7. The van der Waals surface area contributed by atoms with Crippen molar-refractivity contribution in [1.29, 1.82) is 0 Å². The quantitative estimate of drug-likeness (QED) is 0.666. The Morgan fingerprint density at radius 2 is 1.95 bits per heavy atom. The van der Waals surface area contributed by atoms with E-state index in [0.717, 1.165) is 10.9 Å². The maximum atomic E-state index is 11.4. The highest BCUT2D eigenvalue weighted by molar-refractivity contribution is 5.81. The minimum Gasteiger partial charge on any atom is -0.462 e. The molecule has 0 bridgehead atoms. The lowest BCUT2D eigenvalue weighted by Gasteiger charge is -2.34. The molecule has 3 N–H and O–H groups in total. The number of aryl methyl sites for hydroxylation is 1. The molecule has 1 saturated heterocycles. The molecule has 2 aromatic rings. The van der Waals surface area contributed by atoms with Crippen LogP contribution in [0.4, 0.5) is 0 Å². The highest BCUT2D eigenvalue weighted by Gasteiger charge is 2.39. The van der Waals surface area contributed by atoms with Gasteiger partial charge < -0.3 is 29.2 Å². The van der Waals surface area contributed by atoms with E-state index >= 15 is 0 Å². The lowest BCUT2D eigenvalue weighted by Crippen LogP contribution is -2.54. The second-order valence-electron chi connectivity index (χ2n) is 5.27. The summed E-state index contributed by atoms with van der Waals surface area (Å²) in [6, 6.07) is 6.28. The first-order valence-corrected chi connectivity index (χ1v) is 6.82. The molecule has 1 unspecified atom stereocenters. The lowest BCUT2D eigenvalue weighted by atomic mass is 10.1. The predicted octanol–water partition coefficient (Wildman–Crippen LogP) is -0.0808. The van der Waals surface area contributed by atoms with Crippen molar-refractivity contribution in [2.45, 2.75) is 31.5 Å². The molecule has 1 fully saturated rings. The van der Waals surface area contributed by atoms with E-state index < -0.39 is 30.2 Å². The van der Waals surface area contributed by atoms with Crippen LogP contribution in [0.25, 0.3) is 11.0 Å². The monoisotopic (exact) mass is 308 g/mol. The predicted molar refractivity (Wildman–Crippen MR) is 75.6 cm³/mol. The van der Waals surface area contributed by atoms with Gasteiger partial charge in [0.25, 0.3) is 0 Å². The molecule has 1 aromatic heterocycles. The van der Waals surface area contributed by atoms with Gasteiger partial charge in [0.2, 0.25) is 6.29 Å². The first-order valence-electron chi connectivity index (χ1n) is 6.82. The lowest BCUT2D eigenvalue weighted by molar-refractivity contribution is -0.242. The fourth-order valence-electron chi connectivity index (χ4n) is 2.40. The molecule has 3 rings (SSSR count). The maximum Gasteiger partial charge on any atom is 0.336 e. The molecule has 0 amide bonds. The summed E-state index contributed by atoms with van der Waals surface area (Å²) in [6.45, 7) is 1.65. The zero-order chi connectivity index (χ0) is 15.9. The second-order valence-corrected chi connectivity index (χ2v) is 5.27. The third-order valence-corrected chi connectivity index (χ3v) is 3.63. The topological polar surface area (TPSA) is 109 Å². The van der Waals surface area contributed by atoms with Gasteiger partial charge in [0, 0.05) is 17.5 Å². The van der Waals surface area contributed by atoms with Crippen molar-refractivity contribution in [3.63, 3.8) is 0 Å². The molecule has 7 heteroatoms. The van der Waals surface area contributed by atoms with Crippen LogP contribution in [0.1, 0.15) is 5.56 Å². The van der Waals surface area contributed by atoms with Gasteiger partial charge in [-0.2, -0.15) is 0 Å². The van der Waals surface area contributed by atoms with Crippen LogP contribution in [-0.2, 0) is 4.74 Å². The van der Waals surface area contributed by atoms with Crippen molar-refractivity contribution in [2.75, 3.05) is 6.61 Å². The molecular formula is C15H16O7. The number of rotatable bonds is 2. The average Bonchev–Trinajstić information content (AvgIpc) is 2.47. The van der Waals surface area contributed by atoms with Crippen molar-refractivity contribution < 1.29 is 29.2 Å². The summed E-state index contributed by atoms with van der Waals surface area (Å²) >= 11 is 0. The zero-order valence-corrected chi connectivity index (χ0v) is 11.8. The highest BCUT2D eigenvalue weighted by atomic mass is 16.7. The zero-order valence-electron chi connectivity index (χ0n) is 11.8. The largest absolute Gasteiger partial charge is 0.462 e. The van der Waals surface area contributed by atoms with Gasteiger partial charge in [0.1, 0.15) is 29.6 Å². The van der Waals surface area contributed by atoms with Gasteiger partial charge in [-0.15, -0.1) is 0 Å². The molecule has 22 heavy (non-hydrogen) atoms. The molecule has 0 radical (unpaired) electrons. The molecule has 4 atom stereocenters. The fraction of sp³-hybridized carbons (Fsp3) is 0.400. The number of fused-ring (bicyclic) bond motifs is 1. The van der Waals surface area contributed by atoms with Gasteiger partial charge in [-0.05, 0) is 24.6 Å². The second kappa shape index (κ2) is 5.69. The summed E-state index contributed by atoms with van der Waals surface area (Å²) in [5.41, 5.74) is 0.674. The molecule has 0 saturated carbocycles. The van der Waals surface area contributed by atoms with E-state index in [1.165, 1.54) is 12.1 Å². The van der Waals surface area contributed by atoms with Crippen LogP contribution in [0.3, 0.4) is 0 Å². The Balaban J connectivity index is 1.87. The Labute approximate surface area is 125 Å². The summed E-state index contributed by atoms with van der Waals surface area (Å²) in [7, 11) is 0.